The smallest absolute Gasteiger partial charge is 0.227 e. The molecule has 2 rings (SSSR count). The SMILES string of the molecule is Cc1ccc(N2C[C@@H](C(=O)NCCNS(C)(=O)=O)CC2=O)cc1. The van der Waals surface area contributed by atoms with Crippen molar-refractivity contribution in [3.8, 4) is 0 Å². The van der Waals surface area contributed by atoms with Crippen LogP contribution in [0.5, 0.6) is 0 Å². The lowest BCUT2D eigenvalue weighted by atomic mass is 10.1. The van der Waals surface area contributed by atoms with Gasteiger partial charge in [0.15, 0.2) is 0 Å². The molecule has 0 radical (unpaired) electrons. The van der Waals surface area contributed by atoms with Crippen molar-refractivity contribution in [2.24, 2.45) is 5.92 Å². The van der Waals surface area contributed by atoms with Gasteiger partial charge in [-0.3, -0.25) is 9.59 Å². The topological polar surface area (TPSA) is 95.6 Å². The van der Waals surface area contributed by atoms with Crippen LogP contribution < -0.4 is 14.9 Å². The maximum Gasteiger partial charge on any atom is 0.227 e. The Morgan fingerprint density at radius 1 is 1.26 bits per heavy atom. The van der Waals surface area contributed by atoms with E-state index in [1.54, 1.807) is 4.90 Å². The lowest BCUT2D eigenvalue weighted by Gasteiger charge is -2.17. The monoisotopic (exact) mass is 339 g/mol. The van der Waals surface area contributed by atoms with Gasteiger partial charge in [-0.15, -0.1) is 0 Å². The Hall–Kier alpha value is -1.93. The van der Waals surface area contributed by atoms with Gasteiger partial charge in [0.25, 0.3) is 0 Å². The summed E-state index contributed by atoms with van der Waals surface area (Å²) in [5.41, 5.74) is 1.89. The summed E-state index contributed by atoms with van der Waals surface area (Å²) in [6.45, 7) is 2.64. The molecule has 1 saturated heterocycles. The van der Waals surface area contributed by atoms with Crippen molar-refractivity contribution in [3.05, 3.63) is 29.8 Å². The molecule has 2 N–H and O–H groups in total. The Kier molecular flexibility index (Phi) is 5.38. The molecule has 1 fully saturated rings. The molecule has 1 aromatic carbocycles. The van der Waals surface area contributed by atoms with Crippen LogP contribution in [0.4, 0.5) is 5.69 Å². The van der Waals surface area contributed by atoms with Crippen LogP contribution in [0.1, 0.15) is 12.0 Å². The molecule has 0 spiro atoms. The number of amides is 2. The van der Waals surface area contributed by atoms with Gasteiger partial charge in [0.05, 0.1) is 12.2 Å². The molecule has 1 aliphatic heterocycles. The van der Waals surface area contributed by atoms with E-state index in [0.717, 1.165) is 17.5 Å². The van der Waals surface area contributed by atoms with Gasteiger partial charge in [0, 0.05) is 31.7 Å². The molecular formula is C15H21N3O4S. The minimum Gasteiger partial charge on any atom is -0.354 e. The van der Waals surface area contributed by atoms with Crippen LogP contribution in [0.25, 0.3) is 0 Å². The molecule has 7 nitrogen and oxygen atoms in total. The quantitative estimate of drug-likeness (QED) is 0.714. The molecule has 0 unspecified atom stereocenters. The highest BCUT2D eigenvalue weighted by Gasteiger charge is 2.34. The summed E-state index contributed by atoms with van der Waals surface area (Å²) in [5.74, 6) is -0.728. The van der Waals surface area contributed by atoms with Gasteiger partial charge in [-0.2, -0.15) is 0 Å². The fraction of sp³-hybridized carbons (Fsp3) is 0.467. The van der Waals surface area contributed by atoms with Crippen LogP contribution in [-0.2, 0) is 19.6 Å². The predicted octanol–water partition coefficient (Wildman–Crippen LogP) is 0.0133. The van der Waals surface area contributed by atoms with Crippen LogP contribution in [0.15, 0.2) is 24.3 Å². The summed E-state index contributed by atoms with van der Waals surface area (Å²) in [6, 6.07) is 7.58. The van der Waals surface area contributed by atoms with Crippen molar-refractivity contribution in [2.75, 3.05) is 30.8 Å². The van der Waals surface area contributed by atoms with E-state index in [-0.39, 0.29) is 31.3 Å². The highest BCUT2D eigenvalue weighted by atomic mass is 32.2. The first-order chi connectivity index (χ1) is 10.8. The fourth-order valence-corrected chi connectivity index (χ4v) is 2.90. The molecule has 0 aliphatic carbocycles. The van der Waals surface area contributed by atoms with Crippen molar-refractivity contribution in [1.82, 2.24) is 10.0 Å². The average molecular weight is 339 g/mol. The first kappa shape index (κ1) is 17.4. The summed E-state index contributed by atoms with van der Waals surface area (Å²) in [6.07, 6.45) is 1.23. The minimum atomic E-state index is -3.26. The normalized spacial score (nSPS) is 18.3. The second-order valence-electron chi connectivity index (χ2n) is 5.70. The Labute approximate surface area is 136 Å². The van der Waals surface area contributed by atoms with Gasteiger partial charge in [-0.1, -0.05) is 17.7 Å². The third kappa shape index (κ3) is 5.04. The molecule has 2 amide bonds. The summed E-state index contributed by atoms with van der Waals surface area (Å²) in [4.78, 5) is 25.8. The van der Waals surface area contributed by atoms with Crippen molar-refractivity contribution in [1.29, 1.82) is 0 Å². The zero-order valence-corrected chi connectivity index (χ0v) is 14.0. The number of aryl methyl sites for hydroxylation is 1. The highest BCUT2D eigenvalue weighted by Crippen LogP contribution is 2.25. The Morgan fingerprint density at radius 2 is 1.91 bits per heavy atom. The van der Waals surface area contributed by atoms with Crippen LogP contribution >= 0.6 is 0 Å². The van der Waals surface area contributed by atoms with Crippen molar-refractivity contribution in [3.63, 3.8) is 0 Å². The summed E-state index contributed by atoms with van der Waals surface area (Å²) >= 11 is 0. The summed E-state index contributed by atoms with van der Waals surface area (Å²) in [7, 11) is -3.26. The molecule has 23 heavy (non-hydrogen) atoms. The van der Waals surface area contributed by atoms with Gasteiger partial charge in [0.1, 0.15) is 0 Å². The number of anilines is 1. The van der Waals surface area contributed by atoms with E-state index in [4.69, 9.17) is 0 Å². The zero-order valence-electron chi connectivity index (χ0n) is 13.2. The Morgan fingerprint density at radius 3 is 2.52 bits per heavy atom. The van der Waals surface area contributed by atoms with Gasteiger partial charge >= 0.3 is 0 Å². The first-order valence-corrected chi connectivity index (χ1v) is 9.25. The van der Waals surface area contributed by atoms with Gasteiger partial charge in [0.2, 0.25) is 21.8 Å². The number of hydrogen-bond donors (Lipinski definition) is 2. The Balaban J connectivity index is 1.86. The fourth-order valence-electron chi connectivity index (χ4n) is 2.42. The van der Waals surface area contributed by atoms with E-state index < -0.39 is 15.9 Å². The van der Waals surface area contributed by atoms with Crippen LogP contribution in [0.3, 0.4) is 0 Å². The van der Waals surface area contributed by atoms with Crippen molar-refractivity contribution in [2.45, 2.75) is 13.3 Å². The third-order valence-electron chi connectivity index (χ3n) is 3.63. The maximum atomic E-state index is 12.1. The second kappa shape index (κ2) is 7.10. The number of rotatable bonds is 6. The van der Waals surface area contributed by atoms with Crippen LogP contribution in [0, 0.1) is 12.8 Å². The van der Waals surface area contributed by atoms with E-state index in [1.165, 1.54) is 0 Å². The molecule has 1 aromatic rings. The van der Waals surface area contributed by atoms with Crippen molar-refractivity contribution >= 4 is 27.5 Å². The molecule has 0 aromatic heterocycles. The minimum absolute atomic E-state index is 0.0803. The van der Waals surface area contributed by atoms with Crippen molar-refractivity contribution < 1.29 is 18.0 Å². The van der Waals surface area contributed by atoms with Gasteiger partial charge < -0.3 is 10.2 Å². The van der Waals surface area contributed by atoms with E-state index in [0.29, 0.717) is 6.54 Å². The molecule has 0 saturated carbocycles. The molecule has 0 bridgehead atoms. The van der Waals surface area contributed by atoms with E-state index in [9.17, 15) is 18.0 Å². The standard InChI is InChI=1S/C15H21N3O4S/c1-11-3-5-13(6-4-11)18-10-12(9-14(18)19)15(20)16-7-8-17-23(2,21)22/h3-6,12,17H,7-10H2,1-2H3,(H,16,20)/t12-/m0/s1. The Bertz CT molecular complexity index is 685. The highest BCUT2D eigenvalue weighted by molar-refractivity contribution is 7.88. The van der Waals surface area contributed by atoms with E-state index >= 15 is 0 Å². The van der Waals surface area contributed by atoms with Gasteiger partial charge in [-0.05, 0) is 19.1 Å². The number of nitrogens with zero attached hydrogens (tertiary/aromatic N) is 1. The molecule has 8 heteroatoms. The third-order valence-corrected chi connectivity index (χ3v) is 4.36. The number of sulfonamides is 1. The number of carbonyl (C=O) groups excluding carboxylic acids is 2. The molecule has 1 atom stereocenters. The zero-order chi connectivity index (χ0) is 17.0. The molecule has 1 heterocycles. The number of carbonyl (C=O) groups is 2. The summed E-state index contributed by atoms with van der Waals surface area (Å²) < 4.78 is 24.1. The molecule has 126 valence electrons. The predicted molar refractivity (Wildman–Crippen MR) is 87.5 cm³/mol. The summed E-state index contributed by atoms with van der Waals surface area (Å²) in [5, 5.41) is 2.65. The average Bonchev–Trinajstić information content (AvgIpc) is 2.85. The lowest BCUT2D eigenvalue weighted by Crippen LogP contribution is -2.38. The van der Waals surface area contributed by atoms with E-state index in [2.05, 4.69) is 10.0 Å². The number of nitrogens with one attached hydrogen (secondary N) is 2. The molecule has 1 aliphatic rings. The van der Waals surface area contributed by atoms with Crippen LogP contribution in [0.2, 0.25) is 0 Å². The lowest BCUT2D eigenvalue weighted by molar-refractivity contribution is -0.126. The molecular weight excluding hydrogens is 318 g/mol. The number of hydrogen-bond acceptors (Lipinski definition) is 4. The van der Waals surface area contributed by atoms with Gasteiger partial charge in [-0.25, -0.2) is 13.1 Å². The largest absolute Gasteiger partial charge is 0.354 e. The van der Waals surface area contributed by atoms with Crippen LogP contribution in [-0.4, -0.2) is 46.1 Å². The second-order valence-corrected chi connectivity index (χ2v) is 7.53. The first-order valence-electron chi connectivity index (χ1n) is 7.35. The number of benzene rings is 1. The van der Waals surface area contributed by atoms with E-state index in [1.807, 2.05) is 31.2 Å². The maximum absolute atomic E-state index is 12.1.